The van der Waals surface area contributed by atoms with Crippen LogP contribution in [-0.2, 0) is 6.54 Å². The maximum atomic E-state index is 4.51. The van der Waals surface area contributed by atoms with Crippen molar-refractivity contribution >= 4 is 11.3 Å². The Kier molecular flexibility index (Phi) is 4.61. The molecule has 0 aliphatic heterocycles. The van der Waals surface area contributed by atoms with Gasteiger partial charge in [-0.15, -0.1) is 11.3 Å². The van der Waals surface area contributed by atoms with Gasteiger partial charge < -0.3 is 5.32 Å². The van der Waals surface area contributed by atoms with E-state index in [2.05, 4.69) is 64.0 Å². The molecule has 0 spiro atoms. The highest BCUT2D eigenvalue weighted by atomic mass is 32.1. The van der Waals surface area contributed by atoms with Crippen molar-refractivity contribution in [3.05, 3.63) is 50.0 Å². The topological polar surface area (TPSA) is 24.9 Å². The Labute approximate surface area is 126 Å². The Morgan fingerprint density at radius 1 is 1.10 bits per heavy atom. The first-order valence-corrected chi connectivity index (χ1v) is 7.94. The van der Waals surface area contributed by atoms with Crippen LogP contribution in [0.15, 0.2) is 12.1 Å². The predicted molar refractivity (Wildman–Crippen MR) is 87.5 cm³/mol. The minimum Gasteiger partial charge on any atom is -0.305 e. The van der Waals surface area contributed by atoms with E-state index in [1.165, 1.54) is 27.1 Å². The number of aromatic nitrogens is 1. The quantitative estimate of drug-likeness (QED) is 0.893. The van der Waals surface area contributed by atoms with Gasteiger partial charge in [0.25, 0.3) is 0 Å². The number of hydrogen-bond donors (Lipinski definition) is 1. The number of nitrogens with zero attached hydrogens (tertiary/aromatic N) is 1. The molecule has 1 unspecified atom stereocenters. The van der Waals surface area contributed by atoms with Gasteiger partial charge >= 0.3 is 0 Å². The smallest absolute Gasteiger partial charge is 0.0900 e. The van der Waals surface area contributed by atoms with E-state index in [0.717, 1.165) is 17.2 Å². The average Bonchev–Trinajstić information content (AvgIpc) is 2.66. The van der Waals surface area contributed by atoms with Crippen LogP contribution in [0.4, 0.5) is 0 Å². The summed E-state index contributed by atoms with van der Waals surface area (Å²) in [5.74, 6) is 0. The van der Waals surface area contributed by atoms with Gasteiger partial charge in [0.05, 0.1) is 10.7 Å². The summed E-state index contributed by atoms with van der Waals surface area (Å²) in [7, 11) is 0. The monoisotopic (exact) mass is 288 g/mol. The highest BCUT2D eigenvalue weighted by molar-refractivity contribution is 7.11. The molecule has 0 bridgehead atoms. The summed E-state index contributed by atoms with van der Waals surface area (Å²) < 4.78 is 0. The third-order valence-electron chi connectivity index (χ3n) is 3.76. The van der Waals surface area contributed by atoms with Crippen molar-refractivity contribution in [3.63, 3.8) is 0 Å². The van der Waals surface area contributed by atoms with Gasteiger partial charge in [0, 0.05) is 17.5 Å². The normalized spacial score (nSPS) is 12.7. The lowest BCUT2D eigenvalue weighted by atomic mass is 9.99. The number of nitrogens with one attached hydrogen (secondary N) is 1. The fraction of sp³-hybridized carbons (Fsp3) is 0.471. The number of benzene rings is 1. The molecule has 0 aliphatic carbocycles. The van der Waals surface area contributed by atoms with Gasteiger partial charge in [-0.25, -0.2) is 4.98 Å². The van der Waals surface area contributed by atoms with Crippen LogP contribution in [-0.4, -0.2) is 4.98 Å². The first kappa shape index (κ1) is 15.2. The van der Waals surface area contributed by atoms with Gasteiger partial charge in [0.15, 0.2) is 0 Å². The van der Waals surface area contributed by atoms with Crippen molar-refractivity contribution < 1.29 is 0 Å². The minimum atomic E-state index is 0.348. The molecule has 2 rings (SSSR count). The van der Waals surface area contributed by atoms with E-state index in [1.54, 1.807) is 11.3 Å². The van der Waals surface area contributed by atoms with Crippen molar-refractivity contribution in [2.24, 2.45) is 0 Å². The third-order valence-corrected chi connectivity index (χ3v) is 5.01. The summed E-state index contributed by atoms with van der Waals surface area (Å²) in [6.45, 7) is 13.9. The van der Waals surface area contributed by atoms with E-state index in [4.69, 9.17) is 0 Å². The summed E-state index contributed by atoms with van der Waals surface area (Å²) in [5.41, 5.74) is 6.66. The van der Waals surface area contributed by atoms with Crippen molar-refractivity contribution in [1.82, 2.24) is 10.3 Å². The highest BCUT2D eigenvalue weighted by Gasteiger charge is 2.13. The standard InChI is InChI=1S/C17H24N2S/c1-10-7-11(2)16(12(3)8-10)9-18-13(4)17-14(5)19-15(6)20-17/h7-8,13,18H,9H2,1-6H3. The molecular formula is C17H24N2S. The van der Waals surface area contributed by atoms with Crippen LogP contribution in [0, 0.1) is 34.6 Å². The molecule has 108 valence electrons. The molecule has 0 saturated heterocycles. The van der Waals surface area contributed by atoms with Crippen molar-refractivity contribution in [3.8, 4) is 0 Å². The fourth-order valence-corrected chi connectivity index (χ4v) is 3.74. The molecule has 0 radical (unpaired) electrons. The summed E-state index contributed by atoms with van der Waals surface area (Å²) in [6.07, 6.45) is 0. The van der Waals surface area contributed by atoms with E-state index in [0.29, 0.717) is 6.04 Å². The Morgan fingerprint density at radius 3 is 2.20 bits per heavy atom. The van der Waals surface area contributed by atoms with Crippen LogP contribution < -0.4 is 5.32 Å². The second kappa shape index (κ2) is 6.06. The molecule has 1 N–H and O–H groups in total. The van der Waals surface area contributed by atoms with Gasteiger partial charge in [-0.2, -0.15) is 0 Å². The number of thiazole rings is 1. The van der Waals surface area contributed by atoms with E-state index in [-0.39, 0.29) is 0 Å². The zero-order valence-electron chi connectivity index (χ0n) is 13.3. The Bertz CT molecular complexity index is 590. The van der Waals surface area contributed by atoms with Crippen molar-refractivity contribution in [1.29, 1.82) is 0 Å². The number of hydrogen-bond acceptors (Lipinski definition) is 3. The maximum Gasteiger partial charge on any atom is 0.0900 e. The van der Waals surface area contributed by atoms with Crippen LogP contribution in [0.3, 0.4) is 0 Å². The Morgan fingerprint density at radius 2 is 1.70 bits per heavy atom. The summed E-state index contributed by atoms with van der Waals surface area (Å²) in [4.78, 5) is 5.86. The first-order chi connectivity index (χ1) is 9.38. The Hall–Kier alpha value is -1.19. The molecule has 1 heterocycles. The van der Waals surface area contributed by atoms with Crippen molar-refractivity contribution in [2.45, 2.75) is 54.1 Å². The molecular weight excluding hydrogens is 264 g/mol. The number of aryl methyl sites for hydroxylation is 5. The lowest BCUT2D eigenvalue weighted by molar-refractivity contribution is 0.576. The summed E-state index contributed by atoms with van der Waals surface area (Å²) in [5, 5.41) is 4.79. The summed E-state index contributed by atoms with van der Waals surface area (Å²) >= 11 is 1.79. The molecule has 0 aliphatic rings. The van der Waals surface area contributed by atoms with E-state index in [1.807, 2.05) is 0 Å². The van der Waals surface area contributed by atoms with E-state index >= 15 is 0 Å². The second-order valence-electron chi connectivity index (χ2n) is 5.66. The first-order valence-electron chi connectivity index (χ1n) is 7.12. The molecule has 0 amide bonds. The van der Waals surface area contributed by atoms with Crippen LogP contribution >= 0.6 is 11.3 Å². The molecule has 0 saturated carbocycles. The van der Waals surface area contributed by atoms with Crippen LogP contribution in [0.2, 0.25) is 0 Å². The lowest BCUT2D eigenvalue weighted by Gasteiger charge is -2.16. The third kappa shape index (κ3) is 3.28. The fourth-order valence-electron chi connectivity index (χ4n) is 2.79. The second-order valence-corrected chi connectivity index (χ2v) is 6.90. The molecule has 20 heavy (non-hydrogen) atoms. The molecule has 2 aromatic rings. The van der Waals surface area contributed by atoms with Gasteiger partial charge in [0.2, 0.25) is 0 Å². The van der Waals surface area contributed by atoms with Gasteiger partial charge in [0.1, 0.15) is 0 Å². The highest BCUT2D eigenvalue weighted by Crippen LogP contribution is 2.25. The van der Waals surface area contributed by atoms with E-state index < -0.39 is 0 Å². The summed E-state index contributed by atoms with van der Waals surface area (Å²) in [6, 6.07) is 4.87. The minimum absolute atomic E-state index is 0.348. The van der Waals surface area contributed by atoms with Gasteiger partial charge in [-0.1, -0.05) is 17.7 Å². The van der Waals surface area contributed by atoms with Gasteiger partial charge in [-0.05, 0) is 58.2 Å². The van der Waals surface area contributed by atoms with E-state index in [9.17, 15) is 0 Å². The molecule has 1 aromatic heterocycles. The SMILES string of the molecule is Cc1cc(C)c(CNC(C)c2sc(C)nc2C)c(C)c1. The predicted octanol–water partition coefficient (Wildman–Crippen LogP) is 4.54. The number of rotatable bonds is 4. The van der Waals surface area contributed by atoms with Crippen LogP contribution in [0.25, 0.3) is 0 Å². The molecule has 2 nitrogen and oxygen atoms in total. The van der Waals surface area contributed by atoms with Crippen molar-refractivity contribution in [2.75, 3.05) is 0 Å². The van der Waals surface area contributed by atoms with Crippen LogP contribution in [0.1, 0.15) is 50.8 Å². The maximum absolute atomic E-state index is 4.51. The molecule has 0 fully saturated rings. The van der Waals surface area contributed by atoms with Gasteiger partial charge in [-0.3, -0.25) is 0 Å². The zero-order chi connectivity index (χ0) is 14.9. The largest absolute Gasteiger partial charge is 0.305 e. The average molecular weight is 288 g/mol. The zero-order valence-corrected chi connectivity index (χ0v) is 14.1. The van der Waals surface area contributed by atoms with Crippen LogP contribution in [0.5, 0.6) is 0 Å². The molecule has 1 aromatic carbocycles. The lowest BCUT2D eigenvalue weighted by Crippen LogP contribution is -2.19. The molecule has 3 heteroatoms. The Balaban J connectivity index is 2.11. The molecule has 1 atom stereocenters.